The van der Waals surface area contributed by atoms with Crippen LogP contribution in [0.5, 0.6) is 0 Å². The minimum Gasteiger partial charge on any atom is -0.361 e. The van der Waals surface area contributed by atoms with Crippen molar-refractivity contribution < 1.29 is 9.59 Å². The number of anilines is 3. The summed E-state index contributed by atoms with van der Waals surface area (Å²) in [6, 6.07) is 16.3. The SMILES string of the molecule is Cc1ccc(NC(=O)c2cccc(C(C)(C)C#N)c2)cc1NC(=O)c1cc2ncc(N(C)C)nc2s1. The quantitative estimate of drug-likeness (QED) is 0.370. The Kier molecular flexibility index (Phi) is 6.73. The highest BCUT2D eigenvalue weighted by Gasteiger charge is 2.21. The number of aromatic nitrogens is 2. The Bertz CT molecular complexity index is 1520. The zero-order valence-electron chi connectivity index (χ0n) is 20.7. The van der Waals surface area contributed by atoms with Crippen molar-refractivity contribution in [3.8, 4) is 6.07 Å². The first kappa shape index (κ1) is 24.8. The van der Waals surface area contributed by atoms with E-state index < -0.39 is 5.41 Å². The Balaban J connectivity index is 1.52. The van der Waals surface area contributed by atoms with Gasteiger partial charge in [0.15, 0.2) is 0 Å². The molecule has 36 heavy (non-hydrogen) atoms. The maximum absolute atomic E-state index is 13.0. The number of rotatable bonds is 6. The second-order valence-electron chi connectivity index (χ2n) is 9.18. The van der Waals surface area contributed by atoms with Crippen molar-refractivity contribution in [2.75, 3.05) is 29.6 Å². The summed E-state index contributed by atoms with van der Waals surface area (Å²) in [5, 5.41) is 15.2. The summed E-state index contributed by atoms with van der Waals surface area (Å²) in [7, 11) is 3.77. The van der Waals surface area contributed by atoms with E-state index in [9.17, 15) is 14.9 Å². The van der Waals surface area contributed by atoms with Crippen LogP contribution in [0.25, 0.3) is 10.3 Å². The van der Waals surface area contributed by atoms with Gasteiger partial charge >= 0.3 is 0 Å². The van der Waals surface area contributed by atoms with E-state index in [2.05, 4.69) is 26.7 Å². The maximum Gasteiger partial charge on any atom is 0.265 e. The zero-order valence-corrected chi connectivity index (χ0v) is 21.5. The molecule has 0 bridgehead atoms. The van der Waals surface area contributed by atoms with Gasteiger partial charge in [0.2, 0.25) is 0 Å². The van der Waals surface area contributed by atoms with Crippen LogP contribution in [0, 0.1) is 18.3 Å². The molecule has 4 aromatic rings. The molecule has 0 atom stereocenters. The molecule has 0 radical (unpaired) electrons. The first-order valence-electron chi connectivity index (χ1n) is 11.3. The molecule has 2 N–H and O–H groups in total. The highest BCUT2D eigenvalue weighted by atomic mass is 32.1. The van der Waals surface area contributed by atoms with Gasteiger partial charge in [-0.15, -0.1) is 11.3 Å². The van der Waals surface area contributed by atoms with Gasteiger partial charge in [-0.2, -0.15) is 5.26 Å². The van der Waals surface area contributed by atoms with Crippen molar-refractivity contribution in [2.45, 2.75) is 26.2 Å². The van der Waals surface area contributed by atoms with Crippen molar-refractivity contribution >= 4 is 50.7 Å². The van der Waals surface area contributed by atoms with Crippen LogP contribution in [0.4, 0.5) is 17.2 Å². The van der Waals surface area contributed by atoms with Crippen LogP contribution < -0.4 is 15.5 Å². The molecule has 0 spiro atoms. The van der Waals surface area contributed by atoms with Gasteiger partial charge in [0.1, 0.15) is 16.2 Å². The number of amides is 2. The predicted octanol–water partition coefficient (Wildman–Crippen LogP) is 5.37. The van der Waals surface area contributed by atoms with E-state index in [1.165, 1.54) is 11.3 Å². The van der Waals surface area contributed by atoms with Crippen LogP contribution in [0.3, 0.4) is 0 Å². The van der Waals surface area contributed by atoms with Crippen LogP contribution in [0.2, 0.25) is 0 Å². The number of thiophene rings is 1. The highest BCUT2D eigenvalue weighted by molar-refractivity contribution is 7.20. The third-order valence-electron chi connectivity index (χ3n) is 5.78. The number of carbonyl (C=O) groups excluding carboxylic acids is 2. The van der Waals surface area contributed by atoms with E-state index in [0.717, 1.165) is 16.9 Å². The number of nitrogens with zero attached hydrogens (tertiary/aromatic N) is 4. The molecule has 0 saturated carbocycles. The molecule has 2 aromatic carbocycles. The largest absolute Gasteiger partial charge is 0.361 e. The molecule has 0 fully saturated rings. The van der Waals surface area contributed by atoms with E-state index in [0.29, 0.717) is 32.2 Å². The molecule has 2 amide bonds. The number of fused-ring (bicyclic) bond motifs is 1. The second-order valence-corrected chi connectivity index (χ2v) is 10.2. The number of aryl methyl sites for hydroxylation is 1. The molecule has 8 nitrogen and oxygen atoms in total. The fraction of sp³-hybridized carbons (Fsp3) is 0.222. The van der Waals surface area contributed by atoms with Crippen LogP contribution in [-0.4, -0.2) is 35.9 Å². The average Bonchev–Trinajstić information content (AvgIpc) is 3.30. The molecule has 0 aliphatic rings. The van der Waals surface area contributed by atoms with E-state index in [4.69, 9.17) is 0 Å². The fourth-order valence-corrected chi connectivity index (χ4v) is 4.35. The lowest BCUT2D eigenvalue weighted by Crippen LogP contribution is -2.17. The van der Waals surface area contributed by atoms with Crippen molar-refractivity contribution in [3.63, 3.8) is 0 Å². The number of carbonyl (C=O) groups is 2. The third-order valence-corrected chi connectivity index (χ3v) is 6.80. The summed E-state index contributed by atoms with van der Waals surface area (Å²) in [4.78, 5) is 37.9. The second kappa shape index (κ2) is 9.76. The number of nitriles is 1. The average molecular weight is 499 g/mol. The van der Waals surface area contributed by atoms with Gasteiger partial charge in [0.05, 0.1) is 22.6 Å². The van der Waals surface area contributed by atoms with E-state index in [-0.39, 0.29) is 11.8 Å². The lowest BCUT2D eigenvalue weighted by atomic mass is 9.85. The van der Waals surface area contributed by atoms with Crippen LogP contribution in [0.1, 0.15) is 45.0 Å². The monoisotopic (exact) mass is 498 g/mol. The van der Waals surface area contributed by atoms with Crippen molar-refractivity contribution in [2.24, 2.45) is 0 Å². The first-order chi connectivity index (χ1) is 17.1. The fourth-order valence-electron chi connectivity index (χ4n) is 3.47. The molecular formula is C27H26N6O2S. The van der Waals surface area contributed by atoms with Crippen LogP contribution in [-0.2, 0) is 5.41 Å². The van der Waals surface area contributed by atoms with Gasteiger partial charge in [-0.3, -0.25) is 9.59 Å². The molecule has 0 aliphatic heterocycles. The maximum atomic E-state index is 13.0. The number of benzene rings is 2. The van der Waals surface area contributed by atoms with Crippen LogP contribution >= 0.6 is 11.3 Å². The molecule has 9 heteroatoms. The Morgan fingerprint density at radius 1 is 1.06 bits per heavy atom. The molecule has 0 unspecified atom stereocenters. The summed E-state index contributed by atoms with van der Waals surface area (Å²) in [5.41, 5.74) is 3.15. The zero-order chi connectivity index (χ0) is 26.0. The van der Waals surface area contributed by atoms with Gasteiger partial charge in [-0.05, 0) is 62.2 Å². The van der Waals surface area contributed by atoms with Gasteiger partial charge < -0.3 is 15.5 Å². The summed E-state index contributed by atoms with van der Waals surface area (Å²) in [6.45, 7) is 5.50. The van der Waals surface area contributed by atoms with E-state index in [1.54, 1.807) is 42.6 Å². The standard InChI is InChI=1S/C27H26N6O2S/c1-16-9-10-19(30-24(34)17-7-6-8-18(11-17)27(2,3)15-28)12-20(16)31-25(35)22-13-21-26(36-22)32-23(14-29-21)33(4)5/h6-14H,1-5H3,(H,30,34)(H,31,35). The first-order valence-corrected chi connectivity index (χ1v) is 12.1. The molecule has 0 saturated heterocycles. The minimum atomic E-state index is -0.705. The third kappa shape index (κ3) is 5.19. The van der Waals surface area contributed by atoms with Crippen molar-refractivity contribution in [1.82, 2.24) is 9.97 Å². The molecule has 182 valence electrons. The highest BCUT2D eigenvalue weighted by Crippen LogP contribution is 2.27. The van der Waals surface area contributed by atoms with Crippen molar-refractivity contribution in [3.05, 3.63) is 76.3 Å². The van der Waals surface area contributed by atoms with Gasteiger partial charge in [-0.25, -0.2) is 9.97 Å². The minimum absolute atomic E-state index is 0.274. The number of hydrogen-bond donors (Lipinski definition) is 2. The normalized spacial score (nSPS) is 11.1. The molecular weight excluding hydrogens is 472 g/mol. The van der Waals surface area contributed by atoms with Gasteiger partial charge in [-0.1, -0.05) is 18.2 Å². The number of hydrogen-bond acceptors (Lipinski definition) is 7. The van der Waals surface area contributed by atoms with Crippen molar-refractivity contribution in [1.29, 1.82) is 5.26 Å². The molecule has 2 heterocycles. The Morgan fingerprint density at radius 3 is 2.56 bits per heavy atom. The summed E-state index contributed by atoms with van der Waals surface area (Å²) in [6.07, 6.45) is 1.67. The lowest BCUT2D eigenvalue weighted by molar-refractivity contribution is 0.102. The Labute approximate surface area is 213 Å². The summed E-state index contributed by atoms with van der Waals surface area (Å²) >= 11 is 1.27. The number of nitrogens with one attached hydrogen (secondary N) is 2. The summed E-state index contributed by atoms with van der Waals surface area (Å²) in [5.74, 6) is 0.145. The molecule has 4 rings (SSSR count). The predicted molar refractivity (Wildman–Crippen MR) is 144 cm³/mol. The molecule has 2 aromatic heterocycles. The topological polar surface area (TPSA) is 111 Å². The van der Waals surface area contributed by atoms with Crippen LogP contribution in [0.15, 0.2) is 54.7 Å². The van der Waals surface area contributed by atoms with E-state index >= 15 is 0 Å². The van der Waals surface area contributed by atoms with Gasteiger partial charge in [0, 0.05) is 31.0 Å². The van der Waals surface area contributed by atoms with E-state index in [1.807, 2.05) is 51.9 Å². The van der Waals surface area contributed by atoms with Gasteiger partial charge in [0.25, 0.3) is 11.8 Å². The Morgan fingerprint density at radius 2 is 1.83 bits per heavy atom. The Hall–Kier alpha value is -4.29. The lowest BCUT2D eigenvalue weighted by Gasteiger charge is -2.16. The smallest absolute Gasteiger partial charge is 0.265 e. The molecule has 0 aliphatic carbocycles. The summed E-state index contributed by atoms with van der Waals surface area (Å²) < 4.78 is 0.